The molecule has 0 atom stereocenters. The first-order valence-electron chi connectivity index (χ1n) is 8.89. The summed E-state index contributed by atoms with van der Waals surface area (Å²) in [4.78, 5) is 47.1. The number of carbonyl (C=O) groups is 3. The summed E-state index contributed by atoms with van der Waals surface area (Å²) in [5.74, 6) is -1.96. The van der Waals surface area contributed by atoms with Crippen LogP contribution in [0.3, 0.4) is 0 Å². The molecule has 0 saturated heterocycles. The highest BCUT2D eigenvalue weighted by Crippen LogP contribution is 2.14. The van der Waals surface area contributed by atoms with Gasteiger partial charge in [0.05, 0.1) is 12.1 Å². The molecule has 28 heavy (non-hydrogen) atoms. The van der Waals surface area contributed by atoms with E-state index in [1.165, 1.54) is 24.3 Å². The van der Waals surface area contributed by atoms with Crippen LogP contribution in [-0.4, -0.2) is 39.6 Å². The lowest BCUT2D eigenvalue weighted by atomic mass is 10.0. The minimum Gasteiger partial charge on any atom is -0.481 e. The SMILES string of the molecule is CCc1n[nH]c(=O)c(C(=O)Nc2ccc(C(=O)NCCC(=O)O)cc2)c1CC. The quantitative estimate of drug-likeness (QED) is 0.540. The Kier molecular flexibility index (Phi) is 7.02. The van der Waals surface area contributed by atoms with Crippen molar-refractivity contribution in [1.82, 2.24) is 15.5 Å². The maximum Gasteiger partial charge on any atom is 0.305 e. The molecule has 2 amide bonds. The molecule has 1 heterocycles. The Labute approximate surface area is 161 Å². The van der Waals surface area contributed by atoms with E-state index in [2.05, 4.69) is 20.8 Å². The number of nitrogens with zero attached hydrogens (tertiary/aromatic N) is 1. The maximum atomic E-state index is 12.6. The number of H-pyrrole nitrogens is 1. The number of benzene rings is 1. The van der Waals surface area contributed by atoms with E-state index in [1.807, 2.05) is 13.8 Å². The number of carboxylic acids is 1. The number of rotatable bonds is 8. The highest BCUT2D eigenvalue weighted by atomic mass is 16.4. The minimum atomic E-state index is -0.998. The molecule has 9 heteroatoms. The minimum absolute atomic E-state index is 0.0248. The molecule has 0 aliphatic carbocycles. The Morgan fingerprint density at radius 3 is 2.32 bits per heavy atom. The molecule has 0 aliphatic rings. The van der Waals surface area contributed by atoms with Gasteiger partial charge in [0.2, 0.25) is 0 Å². The van der Waals surface area contributed by atoms with Crippen molar-refractivity contribution >= 4 is 23.5 Å². The van der Waals surface area contributed by atoms with E-state index in [9.17, 15) is 19.2 Å². The Morgan fingerprint density at radius 1 is 1.07 bits per heavy atom. The van der Waals surface area contributed by atoms with Crippen LogP contribution in [0.25, 0.3) is 0 Å². The third kappa shape index (κ3) is 5.03. The lowest BCUT2D eigenvalue weighted by Gasteiger charge is -2.11. The molecule has 0 spiro atoms. The second-order valence-electron chi connectivity index (χ2n) is 5.99. The zero-order valence-electron chi connectivity index (χ0n) is 15.7. The van der Waals surface area contributed by atoms with Gasteiger partial charge in [-0.2, -0.15) is 5.10 Å². The number of hydrogen-bond acceptors (Lipinski definition) is 5. The van der Waals surface area contributed by atoms with Crippen molar-refractivity contribution in [3.63, 3.8) is 0 Å². The zero-order valence-corrected chi connectivity index (χ0v) is 15.7. The summed E-state index contributed by atoms with van der Waals surface area (Å²) >= 11 is 0. The van der Waals surface area contributed by atoms with Crippen LogP contribution in [0.1, 0.15) is 52.2 Å². The number of carboxylic acid groups (broad SMARTS) is 1. The molecule has 0 unspecified atom stereocenters. The number of aromatic amines is 1. The predicted octanol–water partition coefficient (Wildman–Crippen LogP) is 1.35. The van der Waals surface area contributed by atoms with Crippen LogP contribution >= 0.6 is 0 Å². The van der Waals surface area contributed by atoms with E-state index in [1.54, 1.807) is 0 Å². The number of aryl methyl sites for hydroxylation is 1. The van der Waals surface area contributed by atoms with E-state index < -0.39 is 23.3 Å². The van der Waals surface area contributed by atoms with E-state index in [-0.39, 0.29) is 18.5 Å². The van der Waals surface area contributed by atoms with Gasteiger partial charge in [-0.15, -0.1) is 0 Å². The fraction of sp³-hybridized carbons (Fsp3) is 0.316. The molecule has 0 aliphatic heterocycles. The van der Waals surface area contributed by atoms with Crippen molar-refractivity contribution in [1.29, 1.82) is 0 Å². The van der Waals surface area contributed by atoms with Gasteiger partial charge in [-0.05, 0) is 42.7 Å². The number of aromatic nitrogens is 2. The van der Waals surface area contributed by atoms with E-state index in [0.717, 1.165) is 0 Å². The first-order chi connectivity index (χ1) is 13.4. The van der Waals surface area contributed by atoms with Gasteiger partial charge in [-0.3, -0.25) is 19.2 Å². The number of amides is 2. The molecule has 0 bridgehead atoms. The summed E-state index contributed by atoms with van der Waals surface area (Å²) in [6.07, 6.45) is 0.921. The van der Waals surface area contributed by atoms with Crippen LogP contribution in [0.2, 0.25) is 0 Å². The number of nitrogens with one attached hydrogen (secondary N) is 3. The van der Waals surface area contributed by atoms with Gasteiger partial charge in [0, 0.05) is 17.8 Å². The van der Waals surface area contributed by atoms with E-state index >= 15 is 0 Å². The maximum absolute atomic E-state index is 12.6. The molecular weight excluding hydrogens is 364 g/mol. The molecular formula is C19H22N4O5. The van der Waals surface area contributed by atoms with E-state index in [0.29, 0.717) is 35.3 Å². The normalized spacial score (nSPS) is 10.4. The molecule has 2 rings (SSSR count). The Balaban J connectivity index is 2.12. The smallest absolute Gasteiger partial charge is 0.305 e. The van der Waals surface area contributed by atoms with Gasteiger partial charge in [0.25, 0.3) is 17.4 Å². The van der Waals surface area contributed by atoms with Crippen molar-refractivity contribution < 1.29 is 19.5 Å². The monoisotopic (exact) mass is 386 g/mol. The predicted molar refractivity (Wildman–Crippen MR) is 103 cm³/mol. The fourth-order valence-corrected chi connectivity index (χ4v) is 2.72. The van der Waals surface area contributed by atoms with Gasteiger partial charge >= 0.3 is 5.97 Å². The number of carbonyl (C=O) groups excluding carboxylic acids is 2. The number of aliphatic carboxylic acids is 1. The average molecular weight is 386 g/mol. The third-order valence-corrected chi connectivity index (χ3v) is 4.11. The number of hydrogen-bond donors (Lipinski definition) is 4. The lowest BCUT2D eigenvalue weighted by molar-refractivity contribution is -0.136. The van der Waals surface area contributed by atoms with Crippen LogP contribution in [0, 0.1) is 0 Å². The standard InChI is InChI=1S/C19H22N4O5/c1-3-13-14(4-2)22-23-19(28)16(13)18(27)21-12-7-5-11(6-8-12)17(26)20-10-9-15(24)25/h5-8H,3-4,9-10H2,1-2H3,(H,20,26)(H,21,27)(H,23,28)(H,24,25). The largest absolute Gasteiger partial charge is 0.481 e. The van der Waals surface area contributed by atoms with Gasteiger partial charge in [-0.1, -0.05) is 13.8 Å². The van der Waals surface area contributed by atoms with Crippen molar-refractivity contribution in [2.24, 2.45) is 0 Å². The molecule has 1 aromatic heterocycles. The van der Waals surface area contributed by atoms with Crippen LogP contribution < -0.4 is 16.2 Å². The molecule has 9 nitrogen and oxygen atoms in total. The van der Waals surface area contributed by atoms with Gasteiger partial charge in [0.1, 0.15) is 5.56 Å². The molecule has 2 aromatic rings. The second-order valence-corrected chi connectivity index (χ2v) is 5.99. The third-order valence-electron chi connectivity index (χ3n) is 4.11. The van der Waals surface area contributed by atoms with E-state index in [4.69, 9.17) is 5.11 Å². The Morgan fingerprint density at radius 2 is 1.75 bits per heavy atom. The summed E-state index contributed by atoms with van der Waals surface area (Å²) in [6, 6.07) is 6.07. The molecule has 1 aromatic carbocycles. The Hall–Kier alpha value is -3.49. The number of anilines is 1. The second kappa shape index (κ2) is 9.45. The van der Waals surface area contributed by atoms with Crippen LogP contribution in [-0.2, 0) is 17.6 Å². The fourth-order valence-electron chi connectivity index (χ4n) is 2.72. The summed E-state index contributed by atoms with van der Waals surface area (Å²) in [5, 5.41) is 20.1. The summed E-state index contributed by atoms with van der Waals surface area (Å²) in [6.45, 7) is 3.77. The average Bonchev–Trinajstić information content (AvgIpc) is 2.67. The molecule has 0 fully saturated rings. The van der Waals surface area contributed by atoms with Crippen molar-refractivity contribution in [2.75, 3.05) is 11.9 Å². The summed E-state index contributed by atoms with van der Waals surface area (Å²) < 4.78 is 0. The van der Waals surface area contributed by atoms with Crippen molar-refractivity contribution in [3.8, 4) is 0 Å². The first kappa shape index (κ1) is 20.8. The molecule has 0 radical (unpaired) electrons. The van der Waals surface area contributed by atoms with Crippen LogP contribution in [0.15, 0.2) is 29.1 Å². The van der Waals surface area contributed by atoms with Crippen LogP contribution in [0.4, 0.5) is 5.69 Å². The van der Waals surface area contributed by atoms with Gasteiger partial charge < -0.3 is 15.7 Å². The topological polar surface area (TPSA) is 141 Å². The first-order valence-corrected chi connectivity index (χ1v) is 8.89. The van der Waals surface area contributed by atoms with Crippen LogP contribution in [0.5, 0.6) is 0 Å². The summed E-state index contributed by atoms with van der Waals surface area (Å²) in [5.41, 5.74) is 1.50. The van der Waals surface area contributed by atoms with Crippen molar-refractivity contribution in [3.05, 3.63) is 57.0 Å². The van der Waals surface area contributed by atoms with Gasteiger partial charge in [-0.25, -0.2) is 5.10 Å². The highest BCUT2D eigenvalue weighted by Gasteiger charge is 2.19. The highest BCUT2D eigenvalue weighted by molar-refractivity contribution is 6.05. The Bertz CT molecular complexity index is 934. The molecule has 0 saturated carbocycles. The zero-order chi connectivity index (χ0) is 20.7. The lowest BCUT2D eigenvalue weighted by Crippen LogP contribution is -2.28. The van der Waals surface area contributed by atoms with Crippen molar-refractivity contribution in [2.45, 2.75) is 33.1 Å². The molecule has 148 valence electrons. The molecule has 4 N–H and O–H groups in total. The summed E-state index contributed by atoms with van der Waals surface area (Å²) in [7, 11) is 0. The van der Waals surface area contributed by atoms with Gasteiger partial charge in [0.15, 0.2) is 0 Å².